The largest absolute Gasteiger partial charge is 0.364 e. The van der Waals surface area contributed by atoms with E-state index in [9.17, 15) is 8.78 Å². The summed E-state index contributed by atoms with van der Waals surface area (Å²) in [4.78, 5) is 4.48. The lowest BCUT2D eigenvalue weighted by Crippen LogP contribution is -2.55. The summed E-state index contributed by atoms with van der Waals surface area (Å²) >= 11 is 3.02. The summed E-state index contributed by atoms with van der Waals surface area (Å²) in [5, 5.41) is 0. The van der Waals surface area contributed by atoms with Crippen LogP contribution in [-0.4, -0.2) is 36.6 Å². The van der Waals surface area contributed by atoms with Gasteiger partial charge in [-0.1, -0.05) is 0 Å². The van der Waals surface area contributed by atoms with E-state index in [-0.39, 0.29) is 16.3 Å². The predicted octanol–water partition coefficient (Wildman–Crippen LogP) is 3.40. The van der Waals surface area contributed by atoms with Gasteiger partial charge in [-0.05, 0) is 48.3 Å². The first kappa shape index (κ1) is 13.3. The molecule has 0 N–H and O–H groups in total. The van der Waals surface area contributed by atoms with Gasteiger partial charge in [0.05, 0.1) is 10.2 Å². The summed E-state index contributed by atoms with van der Waals surface area (Å²) in [6.07, 6.45) is 2.37. The van der Waals surface area contributed by atoms with Gasteiger partial charge in [0.1, 0.15) is 11.6 Å². The van der Waals surface area contributed by atoms with Crippen LogP contribution in [0.25, 0.3) is 0 Å². The summed E-state index contributed by atoms with van der Waals surface area (Å²) in [6.45, 7) is 4.94. The molecule has 2 nitrogen and oxygen atoms in total. The molecule has 0 aromatic heterocycles. The van der Waals surface area contributed by atoms with E-state index in [1.165, 1.54) is 18.6 Å². The summed E-state index contributed by atoms with van der Waals surface area (Å²) in [5.74, 6) is -0.760. The Hall–Kier alpha value is -0.680. The highest BCUT2D eigenvalue weighted by molar-refractivity contribution is 9.10. The van der Waals surface area contributed by atoms with Crippen molar-refractivity contribution in [2.45, 2.75) is 31.8 Å². The molecule has 104 valence electrons. The van der Waals surface area contributed by atoms with Crippen molar-refractivity contribution in [3.8, 4) is 0 Å². The molecule has 0 amide bonds. The normalized spacial score (nSPS) is 27.7. The summed E-state index contributed by atoms with van der Waals surface area (Å²) in [7, 11) is 0. The number of fused-ring (bicyclic) bond motifs is 1. The van der Waals surface area contributed by atoms with E-state index in [4.69, 9.17) is 0 Å². The average Bonchev–Trinajstić information content (AvgIpc) is 2.80. The number of hydrogen-bond donors (Lipinski definition) is 0. The molecule has 0 saturated carbocycles. The number of piperazine rings is 1. The Balaban J connectivity index is 1.91. The first-order valence-corrected chi connectivity index (χ1v) is 7.51. The first-order chi connectivity index (χ1) is 9.06. The lowest BCUT2D eigenvalue weighted by atomic mass is 10.1. The van der Waals surface area contributed by atoms with Crippen molar-refractivity contribution in [1.82, 2.24) is 4.90 Å². The highest BCUT2D eigenvalue weighted by Gasteiger charge is 2.35. The minimum atomic E-state index is -0.405. The SMILES string of the molecule is CC1CN2CCCC2CN1c1cc(F)c(Br)cc1F. The molecular weight excluding hydrogens is 314 g/mol. The third-order valence-electron chi connectivity index (χ3n) is 4.24. The Morgan fingerprint density at radius 2 is 2.00 bits per heavy atom. The lowest BCUT2D eigenvalue weighted by Gasteiger charge is -2.43. The van der Waals surface area contributed by atoms with Gasteiger partial charge >= 0.3 is 0 Å². The van der Waals surface area contributed by atoms with Gasteiger partial charge < -0.3 is 4.90 Å². The van der Waals surface area contributed by atoms with E-state index in [0.29, 0.717) is 11.7 Å². The smallest absolute Gasteiger partial charge is 0.147 e. The van der Waals surface area contributed by atoms with Gasteiger partial charge in [0, 0.05) is 31.2 Å². The lowest BCUT2D eigenvalue weighted by molar-refractivity contribution is 0.202. The molecule has 2 fully saturated rings. The fourth-order valence-electron chi connectivity index (χ4n) is 3.26. The zero-order valence-corrected chi connectivity index (χ0v) is 12.5. The number of halogens is 3. The minimum Gasteiger partial charge on any atom is -0.364 e. The molecule has 2 unspecified atom stereocenters. The Morgan fingerprint density at radius 1 is 1.21 bits per heavy atom. The van der Waals surface area contributed by atoms with Crippen molar-refractivity contribution in [2.75, 3.05) is 24.5 Å². The number of rotatable bonds is 1. The topological polar surface area (TPSA) is 6.48 Å². The molecule has 0 radical (unpaired) electrons. The fourth-order valence-corrected chi connectivity index (χ4v) is 3.57. The van der Waals surface area contributed by atoms with E-state index in [2.05, 4.69) is 27.8 Å². The number of benzene rings is 1. The number of hydrogen-bond acceptors (Lipinski definition) is 2. The van der Waals surface area contributed by atoms with E-state index in [1.54, 1.807) is 0 Å². The van der Waals surface area contributed by atoms with Crippen LogP contribution in [0.5, 0.6) is 0 Å². The van der Waals surface area contributed by atoms with Gasteiger partial charge in [-0.25, -0.2) is 8.78 Å². The number of anilines is 1. The maximum atomic E-state index is 14.1. The standard InChI is InChI=1S/C14H17BrF2N2/c1-9-7-18-4-2-3-10(18)8-19(9)14-6-12(16)11(15)5-13(14)17/h5-6,9-10H,2-4,7-8H2,1H3. The third-order valence-corrected chi connectivity index (χ3v) is 4.84. The zero-order valence-electron chi connectivity index (χ0n) is 10.9. The third kappa shape index (κ3) is 2.38. The van der Waals surface area contributed by atoms with Crippen LogP contribution in [0.3, 0.4) is 0 Å². The minimum absolute atomic E-state index is 0.181. The second-order valence-corrected chi connectivity index (χ2v) is 6.36. The van der Waals surface area contributed by atoms with E-state index < -0.39 is 5.82 Å². The van der Waals surface area contributed by atoms with Crippen molar-refractivity contribution in [2.24, 2.45) is 0 Å². The van der Waals surface area contributed by atoms with Crippen molar-refractivity contribution in [3.05, 3.63) is 28.2 Å². The molecule has 3 rings (SSSR count). The maximum Gasteiger partial charge on any atom is 0.147 e. The van der Waals surface area contributed by atoms with Crippen LogP contribution in [0.4, 0.5) is 14.5 Å². The molecule has 2 saturated heterocycles. The Morgan fingerprint density at radius 3 is 2.79 bits per heavy atom. The summed E-state index contributed by atoms with van der Waals surface area (Å²) in [5.41, 5.74) is 0.389. The summed E-state index contributed by atoms with van der Waals surface area (Å²) < 4.78 is 27.9. The number of nitrogens with zero attached hydrogens (tertiary/aromatic N) is 2. The Labute approximate surface area is 120 Å². The van der Waals surface area contributed by atoms with Gasteiger partial charge in [-0.15, -0.1) is 0 Å². The van der Waals surface area contributed by atoms with Crippen LogP contribution in [0, 0.1) is 11.6 Å². The molecule has 1 aromatic carbocycles. The second-order valence-electron chi connectivity index (χ2n) is 5.51. The molecule has 2 atom stereocenters. The molecule has 2 aliphatic rings. The van der Waals surface area contributed by atoms with E-state index in [1.807, 2.05) is 4.90 Å². The molecule has 1 aromatic rings. The molecule has 0 bridgehead atoms. The quantitative estimate of drug-likeness (QED) is 0.728. The van der Waals surface area contributed by atoms with E-state index in [0.717, 1.165) is 26.1 Å². The predicted molar refractivity (Wildman–Crippen MR) is 75.5 cm³/mol. The van der Waals surface area contributed by atoms with Crippen LogP contribution >= 0.6 is 15.9 Å². The van der Waals surface area contributed by atoms with Crippen LogP contribution in [0.1, 0.15) is 19.8 Å². The van der Waals surface area contributed by atoms with Gasteiger partial charge in [0.15, 0.2) is 0 Å². The van der Waals surface area contributed by atoms with Gasteiger partial charge in [0.25, 0.3) is 0 Å². The Bertz CT molecular complexity index is 495. The highest BCUT2D eigenvalue weighted by atomic mass is 79.9. The highest BCUT2D eigenvalue weighted by Crippen LogP contribution is 2.32. The molecule has 0 spiro atoms. The van der Waals surface area contributed by atoms with Crippen molar-refractivity contribution >= 4 is 21.6 Å². The average molecular weight is 331 g/mol. The van der Waals surface area contributed by atoms with Crippen molar-refractivity contribution in [3.63, 3.8) is 0 Å². The molecule has 2 heterocycles. The maximum absolute atomic E-state index is 14.1. The zero-order chi connectivity index (χ0) is 13.6. The molecule has 19 heavy (non-hydrogen) atoms. The fraction of sp³-hybridized carbons (Fsp3) is 0.571. The Kier molecular flexibility index (Phi) is 3.52. The summed E-state index contributed by atoms with van der Waals surface area (Å²) in [6, 6.07) is 3.23. The molecular formula is C14H17BrF2N2. The van der Waals surface area contributed by atoms with Crippen LogP contribution in [-0.2, 0) is 0 Å². The van der Waals surface area contributed by atoms with Gasteiger partial charge in [-0.3, -0.25) is 4.90 Å². The molecule has 0 aliphatic carbocycles. The van der Waals surface area contributed by atoms with Crippen LogP contribution < -0.4 is 4.90 Å². The monoisotopic (exact) mass is 330 g/mol. The van der Waals surface area contributed by atoms with Crippen molar-refractivity contribution < 1.29 is 8.78 Å². The van der Waals surface area contributed by atoms with Gasteiger partial charge in [0.2, 0.25) is 0 Å². The van der Waals surface area contributed by atoms with Crippen LogP contribution in [0.15, 0.2) is 16.6 Å². The molecule has 5 heteroatoms. The molecule has 2 aliphatic heterocycles. The van der Waals surface area contributed by atoms with Gasteiger partial charge in [-0.2, -0.15) is 0 Å². The van der Waals surface area contributed by atoms with Crippen LogP contribution in [0.2, 0.25) is 0 Å². The first-order valence-electron chi connectivity index (χ1n) is 6.71. The van der Waals surface area contributed by atoms with Crippen molar-refractivity contribution in [1.29, 1.82) is 0 Å². The second kappa shape index (κ2) is 5.02. The van der Waals surface area contributed by atoms with E-state index >= 15 is 0 Å².